The topological polar surface area (TPSA) is 107 Å². The molecule has 2 rings (SSSR count). The third kappa shape index (κ3) is 2.44. The molecule has 0 spiro atoms. The van der Waals surface area contributed by atoms with Crippen LogP contribution in [0.15, 0.2) is 30.3 Å². The summed E-state index contributed by atoms with van der Waals surface area (Å²) in [4.78, 5) is 26.8. The van der Waals surface area contributed by atoms with Crippen LogP contribution in [0.4, 0.5) is 5.95 Å². The lowest BCUT2D eigenvalue weighted by atomic mass is 10.3. The molecule has 0 saturated carbocycles. The first-order chi connectivity index (χ1) is 9.00. The van der Waals surface area contributed by atoms with Gasteiger partial charge in [-0.25, -0.2) is 4.68 Å². The molecule has 0 radical (unpaired) electrons. The fraction of sp³-hybridized carbons (Fsp3) is 0.167. The van der Waals surface area contributed by atoms with Gasteiger partial charge in [0, 0.05) is 0 Å². The van der Waals surface area contributed by atoms with Gasteiger partial charge in [-0.1, -0.05) is 18.2 Å². The van der Waals surface area contributed by atoms with E-state index < -0.39 is 5.91 Å². The van der Waals surface area contributed by atoms with E-state index in [1.54, 1.807) is 24.3 Å². The Morgan fingerprint density at radius 2 is 1.95 bits per heavy atom. The average molecular weight is 259 g/mol. The molecule has 0 aliphatic rings. The van der Waals surface area contributed by atoms with Gasteiger partial charge >= 0.3 is 0 Å². The molecule has 1 heterocycles. The molecule has 3 N–H and O–H groups in total. The van der Waals surface area contributed by atoms with Crippen molar-refractivity contribution >= 4 is 17.6 Å². The second-order valence-corrected chi connectivity index (χ2v) is 4.03. The van der Waals surface area contributed by atoms with Crippen molar-refractivity contribution < 1.29 is 9.59 Å². The fourth-order valence-corrected chi connectivity index (χ4v) is 1.73. The van der Waals surface area contributed by atoms with Crippen LogP contribution in [0.5, 0.6) is 0 Å². The van der Waals surface area contributed by atoms with Crippen molar-refractivity contribution in [3.8, 4) is 5.69 Å². The highest BCUT2D eigenvalue weighted by atomic mass is 16.2. The van der Waals surface area contributed by atoms with Gasteiger partial charge in [0.25, 0.3) is 5.91 Å². The van der Waals surface area contributed by atoms with Crippen LogP contribution in [-0.2, 0) is 4.79 Å². The third-order valence-corrected chi connectivity index (χ3v) is 2.48. The maximum Gasteiger partial charge on any atom is 0.256 e. The number of Topliss-reactive ketones (excluding diaryl/α,β-unsaturated/α-hetero) is 1. The molecule has 0 atom stereocenters. The number of carbonyl (C=O) groups is 2. The molecular formula is C12H13N5O2. The third-order valence-electron chi connectivity index (χ3n) is 2.48. The molecule has 0 aliphatic carbocycles. The number of aromatic nitrogens is 3. The monoisotopic (exact) mass is 259 g/mol. The first-order valence-corrected chi connectivity index (χ1v) is 5.61. The summed E-state index contributed by atoms with van der Waals surface area (Å²) < 4.78 is 2.31. The van der Waals surface area contributed by atoms with E-state index >= 15 is 0 Å². The second-order valence-electron chi connectivity index (χ2n) is 4.03. The molecule has 2 aromatic rings. The predicted octanol–water partition coefficient (Wildman–Crippen LogP) is 0.355. The number of anilines is 1. The van der Waals surface area contributed by atoms with Crippen molar-refractivity contribution in [3.05, 3.63) is 36.0 Å². The number of rotatable bonds is 3. The Hall–Kier alpha value is -2.70. The van der Waals surface area contributed by atoms with Crippen molar-refractivity contribution in [2.24, 2.45) is 0 Å². The van der Waals surface area contributed by atoms with Crippen LogP contribution in [0.2, 0.25) is 0 Å². The number of hydrogen-bond acceptors (Lipinski definition) is 5. The molecule has 0 aliphatic heterocycles. The summed E-state index contributed by atoms with van der Waals surface area (Å²) in [6, 6.07) is 8.83. The van der Waals surface area contributed by atoms with Gasteiger partial charge in [-0.15, -0.1) is 0 Å². The Morgan fingerprint density at radius 3 is 2.53 bits per heavy atom. The van der Waals surface area contributed by atoms with E-state index in [4.69, 9.17) is 11.1 Å². The van der Waals surface area contributed by atoms with Gasteiger partial charge < -0.3 is 5.73 Å². The number of ketones is 1. The van der Waals surface area contributed by atoms with E-state index in [0.29, 0.717) is 5.69 Å². The van der Waals surface area contributed by atoms with Gasteiger partial charge in [0.2, 0.25) is 11.6 Å². The second kappa shape index (κ2) is 4.89. The lowest BCUT2D eigenvalue weighted by Crippen LogP contribution is -2.31. The number of nitrogens with one attached hydrogen (secondary N) is 1. The smallest absolute Gasteiger partial charge is 0.256 e. The van der Waals surface area contributed by atoms with Crippen LogP contribution in [-0.4, -0.2) is 26.0 Å². The highest BCUT2D eigenvalue weighted by molar-refractivity contribution is 5.97. The molecule has 0 unspecified atom stereocenters. The molecule has 98 valence electrons. The predicted molar refractivity (Wildman–Crippen MR) is 67.7 cm³/mol. The van der Waals surface area contributed by atoms with E-state index in [2.05, 4.69) is 4.98 Å². The van der Waals surface area contributed by atoms with Gasteiger partial charge in [0.15, 0.2) is 0 Å². The Balaban J connectivity index is 2.59. The highest BCUT2D eigenvalue weighted by Crippen LogP contribution is 2.10. The first kappa shape index (κ1) is 12.7. The average Bonchev–Trinajstić information content (AvgIpc) is 2.64. The van der Waals surface area contributed by atoms with Gasteiger partial charge in [0.05, 0.1) is 12.1 Å². The zero-order chi connectivity index (χ0) is 14.0. The maximum absolute atomic E-state index is 12.0. The van der Waals surface area contributed by atoms with Gasteiger partial charge in [-0.2, -0.15) is 9.67 Å². The van der Waals surface area contributed by atoms with Crippen LogP contribution < -0.4 is 11.4 Å². The van der Waals surface area contributed by atoms with E-state index in [1.807, 2.05) is 6.07 Å². The lowest BCUT2D eigenvalue weighted by Gasteiger charge is -2.10. The Kier molecular flexibility index (Phi) is 3.28. The number of hydrogen-bond donors (Lipinski definition) is 2. The van der Waals surface area contributed by atoms with Crippen LogP contribution in [0.25, 0.3) is 5.69 Å². The van der Waals surface area contributed by atoms with Gasteiger partial charge in [-0.3, -0.25) is 15.0 Å². The zero-order valence-corrected chi connectivity index (χ0v) is 10.3. The van der Waals surface area contributed by atoms with Crippen LogP contribution in [0.1, 0.15) is 18.1 Å². The molecule has 1 aromatic heterocycles. The highest BCUT2D eigenvalue weighted by Gasteiger charge is 2.17. The van der Waals surface area contributed by atoms with Gasteiger partial charge in [-0.05, 0) is 19.1 Å². The lowest BCUT2D eigenvalue weighted by molar-refractivity contribution is -0.116. The van der Waals surface area contributed by atoms with Crippen LogP contribution in [0.3, 0.4) is 0 Å². The summed E-state index contributed by atoms with van der Waals surface area (Å²) >= 11 is 0. The van der Waals surface area contributed by atoms with E-state index in [-0.39, 0.29) is 23.8 Å². The van der Waals surface area contributed by atoms with Crippen LogP contribution in [0, 0.1) is 5.41 Å². The largest absolute Gasteiger partial charge is 0.368 e. The molecule has 1 aromatic carbocycles. The minimum absolute atomic E-state index is 0.0214. The van der Waals surface area contributed by atoms with E-state index in [1.165, 1.54) is 11.6 Å². The van der Waals surface area contributed by atoms with Crippen molar-refractivity contribution in [3.63, 3.8) is 0 Å². The number of benzene rings is 1. The molecule has 7 heteroatoms. The number of nitrogen functional groups attached to an aromatic ring is 1. The van der Waals surface area contributed by atoms with Gasteiger partial charge in [0.1, 0.15) is 5.78 Å². The van der Waals surface area contributed by atoms with E-state index in [0.717, 1.165) is 4.68 Å². The molecule has 7 nitrogen and oxygen atoms in total. The van der Waals surface area contributed by atoms with E-state index in [9.17, 15) is 9.59 Å². The normalized spacial score (nSPS) is 10.4. The fourth-order valence-electron chi connectivity index (χ4n) is 1.73. The summed E-state index contributed by atoms with van der Waals surface area (Å²) in [6.07, 6.45) is -0.297. The first-order valence-electron chi connectivity index (χ1n) is 5.61. The van der Waals surface area contributed by atoms with Crippen molar-refractivity contribution in [2.75, 3.05) is 5.73 Å². The minimum Gasteiger partial charge on any atom is -0.368 e. The summed E-state index contributed by atoms with van der Waals surface area (Å²) in [5, 5.41) is 7.68. The minimum atomic E-state index is -0.537. The standard InChI is InChI=1S/C12H13N5O2/c1-8(18)7-10(19)17-12(14)15-11(13)16(17)9-5-3-2-4-6-9/h2-6H,7H2,1H3,(H3,13,14,15). The molecule has 0 saturated heterocycles. The number of nitrogens with zero attached hydrogens (tertiary/aromatic N) is 3. The Bertz CT molecular complexity index is 684. The quantitative estimate of drug-likeness (QED) is 0.776. The summed E-state index contributed by atoms with van der Waals surface area (Å²) in [5.41, 5.74) is 6.02. The number of carbonyl (C=O) groups excluding carboxylic acids is 2. The van der Waals surface area contributed by atoms with Crippen molar-refractivity contribution in [1.82, 2.24) is 14.3 Å². The summed E-state index contributed by atoms with van der Waals surface area (Å²) in [5.74, 6) is -0.796. The SMILES string of the molecule is CC(=O)CC(=O)n1c(=N)nc(N)n1-c1ccccc1. The number of para-hydroxylation sites is 1. The Morgan fingerprint density at radius 1 is 1.32 bits per heavy atom. The van der Waals surface area contributed by atoms with Crippen LogP contribution >= 0.6 is 0 Å². The van der Waals surface area contributed by atoms with Crippen molar-refractivity contribution in [1.29, 1.82) is 5.41 Å². The summed E-state index contributed by atoms with van der Waals surface area (Å²) in [6.45, 7) is 1.31. The number of nitrogens with two attached hydrogens (primary N) is 1. The Labute approximate surface area is 108 Å². The molecular weight excluding hydrogens is 246 g/mol. The van der Waals surface area contributed by atoms with Crippen molar-refractivity contribution in [2.45, 2.75) is 13.3 Å². The molecule has 0 fully saturated rings. The molecule has 19 heavy (non-hydrogen) atoms. The zero-order valence-electron chi connectivity index (χ0n) is 10.3. The molecule has 0 amide bonds. The molecule has 0 bridgehead atoms. The maximum atomic E-state index is 12.0. The summed E-state index contributed by atoms with van der Waals surface area (Å²) in [7, 11) is 0.